The molecule has 0 spiro atoms. The van der Waals surface area contributed by atoms with E-state index in [4.69, 9.17) is 27.9 Å². The van der Waals surface area contributed by atoms with E-state index in [1.165, 1.54) is 0 Å². The van der Waals surface area contributed by atoms with Crippen molar-refractivity contribution in [3.8, 4) is 0 Å². The third-order valence-corrected chi connectivity index (χ3v) is 3.73. The van der Waals surface area contributed by atoms with Gasteiger partial charge in [-0.25, -0.2) is 4.98 Å². The number of nitrogens with zero attached hydrogens (tertiary/aromatic N) is 2. The highest BCUT2D eigenvalue weighted by Gasteiger charge is 2.32. The molecule has 1 aliphatic rings. The quantitative estimate of drug-likeness (QED) is 0.633. The van der Waals surface area contributed by atoms with Gasteiger partial charge in [0.05, 0.1) is 6.61 Å². The number of hydrogen-bond donors (Lipinski definition) is 0. The summed E-state index contributed by atoms with van der Waals surface area (Å²) in [5.41, 5.74) is 0.877. The highest BCUT2D eigenvalue weighted by atomic mass is 35.5. The van der Waals surface area contributed by atoms with Crippen molar-refractivity contribution < 1.29 is 9.53 Å². The van der Waals surface area contributed by atoms with Gasteiger partial charge >= 0.3 is 5.97 Å². The lowest BCUT2D eigenvalue weighted by Crippen LogP contribution is -2.36. The minimum Gasteiger partial charge on any atom is -0.465 e. The van der Waals surface area contributed by atoms with Crippen molar-refractivity contribution >= 4 is 29.2 Å². The summed E-state index contributed by atoms with van der Waals surface area (Å²) in [6, 6.07) is 3.38. The third kappa shape index (κ3) is 3.59. The van der Waals surface area contributed by atoms with E-state index >= 15 is 0 Å². The molecule has 1 aromatic rings. The van der Waals surface area contributed by atoms with Crippen LogP contribution in [-0.2, 0) is 16.1 Å². The number of carbonyl (C=O) groups excluding carboxylic acids is 1. The van der Waals surface area contributed by atoms with Gasteiger partial charge in [0, 0.05) is 12.1 Å². The van der Waals surface area contributed by atoms with Crippen LogP contribution in [0.3, 0.4) is 0 Å². The number of hydrogen-bond acceptors (Lipinski definition) is 4. The summed E-state index contributed by atoms with van der Waals surface area (Å²) in [6.07, 6.45) is 1.82. The third-order valence-electron chi connectivity index (χ3n) is 3.19. The highest BCUT2D eigenvalue weighted by molar-refractivity contribution is 6.32. The summed E-state index contributed by atoms with van der Waals surface area (Å²) >= 11 is 11.8. The predicted octanol–water partition coefficient (Wildman–Crippen LogP) is 2.92. The van der Waals surface area contributed by atoms with E-state index in [0.717, 1.165) is 24.9 Å². The average Bonchev–Trinajstić information content (AvgIpc) is 2.81. The molecule has 6 heteroatoms. The zero-order valence-corrected chi connectivity index (χ0v) is 12.2. The van der Waals surface area contributed by atoms with Crippen molar-refractivity contribution in [3.63, 3.8) is 0 Å². The SMILES string of the molecule is CCOC(=O)C1CCCN1Cc1ccc(Cl)nc1Cl. The molecule has 19 heavy (non-hydrogen) atoms. The molecule has 1 aliphatic heterocycles. The molecule has 1 atom stereocenters. The van der Waals surface area contributed by atoms with Crippen molar-refractivity contribution in [2.75, 3.05) is 13.2 Å². The zero-order valence-electron chi connectivity index (χ0n) is 10.7. The monoisotopic (exact) mass is 302 g/mol. The fourth-order valence-electron chi connectivity index (χ4n) is 2.30. The number of aromatic nitrogens is 1. The Morgan fingerprint density at radius 3 is 3.00 bits per heavy atom. The van der Waals surface area contributed by atoms with E-state index in [1.54, 1.807) is 6.07 Å². The van der Waals surface area contributed by atoms with E-state index in [1.807, 2.05) is 13.0 Å². The molecule has 1 unspecified atom stereocenters. The van der Waals surface area contributed by atoms with Crippen molar-refractivity contribution in [1.29, 1.82) is 0 Å². The fraction of sp³-hybridized carbons (Fsp3) is 0.538. The van der Waals surface area contributed by atoms with Crippen LogP contribution in [0, 0.1) is 0 Å². The predicted molar refractivity (Wildman–Crippen MR) is 74.3 cm³/mol. The summed E-state index contributed by atoms with van der Waals surface area (Å²) in [5.74, 6) is -0.155. The molecule has 0 amide bonds. The number of esters is 1. The molecule has 1 aromatic heterocycles. The van der Waals surface area contributed by atoms with Crippen LogP contribution in [0.5, 0.6) is 0 Å². The highest BCUT2D eigenvalue weighted by Crippen LogP contribution is 2.24. The van der Waals surface area contributed by atoms with Gasteiger partial charge in [0.15, 0.2) is 0 Å². The lowest BCUT2D eigenvalue weighted by molar-refractivity contribution is -0.148. The molecule has 1 saturated heterocycles. The number of rotatable bonds is 4. The molecule has 1 fully saturated rings. The van der Waals surface area contributed by atoms with E-state index in [9.17, 15) is 4.79 Å². The molecule has 2 rings (SSSR count). The van der Waals surface area contributed by atoms with E-state index in [2.05, 4.69) is 9.88 Å². The smallest absolute Gasteiger partial charge is 0.323 e. The van der Waals surface area contributed by atoms with Crippen LogP contribution < -0.4 is 0 Å². The molecule has 2 heterocycles. The molecule has 0 aliphatic carbocycles. The van der Waals surface area contributed by atoms with Crippen LogP contribution in [0.2, 0.25) is 10.3 Å². The second-order valence-electron chi connectivity index (χ2n) is 4.46. The minimum absolute atomic E-state index is 0.155. The summed E-state index contributed by atoms with van der Waals surface area (Å²) in [4.78, 5) is 17.9. The second-order valence-corrected chi connectivity index (χ2v) is 5.21. The van der Waals surface area contributed by atoms with Crippen LogP contribution in [-0.4, -0.2) is 35.0 Å². The maximum atomic E-state index is 11.9. The Bertz CT molecular complexity index is 468. The van der Waals surface area contributed by atoms with Crippen molar-refractivity contribution in [1.82, 2.24) is 9.88 Å². The standard InChI is InChI=1S/C13H16Cl2N2O2/c1-2-19-13(18)10-4-3-7-17(10)8-9-5-6-11(14)16-12(9)15/h5-6,10H,2-4,7-8H2,1H3. The Labute approximate surface area is 122 Å². The number of carbonyl (C=O) groups is 1. The van der Waals surface area contributed by atoms with Crippen molar-refractivity contribution in [3.05, 3.63) is 28.0 Å². The second kappa shape index (κ2) is 6.55. The molecule has 104 valence electrons. The Balaban J connectivity index is 2.07. The lowest BCUT2D eigenvalue weighted by atomic mass is 10.2. The van der Waals surface area contributed by atoms with Gasteiger partial charge in [-0.3, -0.25) is 9.69 Å². The number of pyridine rings is 1. The van der Waals surface area contributed by atoms with Crippen LogP contribution in [0.1, 0.15) is 25.3 Å². The van der Waals surface area contributed by atoms with Crippen LogP contribution in [0.4, 0.5) is 0 Å². The number of ether oxygens (including phenoxy) is 1. The van der Waals surface area contributed by atoms with Gasteiger partial charge in [-0.2, -0.15) is 0 Å². The van der Waals surface area contributed by atoms with Gasteiger partial charge in [-0.15, -0.1) is 0 Å². The van der Waals surface area contributed by atoms with Gasteiger partial charge in [0.1, 0.15) is 16.3 Å². The van der Waals surface area contributed by atoms with Crippen molar-refractivity contribution in [2.45, 2.75) is 32.4 Å². The number of likely N-dealkylation sites (tertiary alicyclic amines) is 1. The average molecular weight is 303 g/mol. The van der Waals surface area contributed by atoms with E-state index in [0.29, 0.717) is 23.5 Å². The minimum atomic E-state index is -0.174. The normalized spacial score (nSPS) is 19.6. The van der Waals surface area contributed by atoms with Gasteiger partial charge in [-0.05, 0) is 32.4 Å². The fourth-order valence-corrected chi connectivity index (χ4v) is 2.70. The van der Waals surface area contributed by atoms with Crippen molar-refractivity contribution in [2.24, 2.45) is 0 Å². The Morgan fingerprint density at radius 2 is 2.32 bits per heavy atom. The van der Waals surface area contributed by atoms with Gasteiger partial charge in [0.25, 0.3) is 0 Å². The first kappa shape index (κ1) is 14.6. The molecule has 0 bridgehead atoms. The zero-order chi connectivity index (χ0) is 13.8. The topological polar surface area (TPSA) is 42.4 Å². The molecule has 4 nitrogen and oxygen atoms in total. The summed E-state index contributed by atoms with van der Waals surface area (Å²) in [7, 11) is 0. The van der Waals surface area contributed by atoms with E-state index < -0.39 is 0 Å². The molecular formula is C13H16Cl2N2O2. The van der Waals surface area contributed by atoms with Gasteiger partial charge < -0.3 is 4.74 Å². The Hall–Kier alpha value is -0.840. The largest absolute Gasteiger partial charge is 0.465 e. The summed E-state index contributed by atoms with van der Waals surface area (Å²) in [5, 5.41) is 0.763. The first-order chi connectivity index (χ1) is 9.11. The molecule has 0 aromatic carbocycles. The maximum absolute atomic E-state index is 11.9. The molecule has 0 saturated carbocycles. The lowest BCUT2D eigenvalue weighted by Gasteiger charge is -2.23. The van der Waals surface area contributed by atoms with E-state index in [-0.39, 0.29) is 12.0 Å². The molecule has 0 N–H and O–H groups in total. The Morgan fingerprint density at radius 1 is 1.53 bits per heavy atom. The van der Waals surface area contributed by atoms with Crippen LogP contribution in [0.25, 0.3) is 0 Å². The first-order valence-corrected chi connectivity index (χ1v) is 7.09. The van der Waals surface area contributed by atoms with Gasteiger partial charge in [0.2, 0.25) is 0 Å². The van der Waals surface area contributed by atoms with Crippen LogP contribution >= 0.6 is 23.2 Å². The van der Waals surface area contributed by atoms with Gasteiger partial charge in [-0.1, -0.05) is 29.3 Å². The Kier molecular flexibility index (Phi) is 5.02. The number of halogens is 2. The molecular weight excluding hydrogens is 287 g/mol. The maximum Gasteiger partial charge on any atom is 0.323 e. The van der Waals surface area contributed by atoms with Crippen LogP contribution in [0.15, 0.2) is 12.1 Å². The first-order valence-electron chi connectivity index (χ1n) is 6.33. The molecule has 0 radical (unpaired) electrons. The summed E-state index contributed by atoms with van der Waals surface area (Å²) < 4.78 is 5.09. The summed E-state index contributed by atoms with van der Waals surface area (Å²) in [6.45, 7) is 3.68.